The van der Waals surface area contributed by atoms with Crippen LogP contribution in [0.3, 0.4) is 0 Å². The molecule has 0 aliphatic rings. The third kappa shape index (κ3) is 4.60. The fraction of sp³-hybridized carbons (Fsp3) is 0.273. The summed E-state index contributed by atoms with van der Waals surface area (Å²) in [4.78, 5) is 31.7. The van der Waals surface area contributed by atoms with Crippen molar-refractivity contribution in [2.75, 3.05) is 6.54 Å². The number of nitro groups is 1. The molecular weight excluding hydrogens is 240 g/mol. The summed E-state index contributed by atoms with van der Waals surface area (Å²) in [6.45, 7) is -0.837. The highest BCUT2D eigenvalue weighted by Gasteiger charge is 2.25. The maximum atomic E-state index is 11.5. The van der Waals surface area contributed by atoms with E-state index in [1.54, 1.807) is 30.3 Å². The first-order chi connectivity index (χ1) is 8.49. The Labute approximate surface area is 103 Å². The van der Waals surface area contributed by atoms with Gasteiger partial charge in [0.15, 0.2) is 6.04 Å². The molecule has 1 atom stereocenters. The highest BCUT2D eigenvalue weighted by Crippen LogP contribution is 1.99. The Balaban J connectivity index is 2.56. The number of hydrogen-bond donors (Lipinski definition) is 2. The number of nitrogens with zero attached hydrogens (tertiary/aromatic N) is 1. The van der Waals surface area contributed by atoms with Gasteiger partial charge in [0.25, 0.3) is 0 Å². The van der Waals surface area contributed by atoms with E-state index in [1.807, 2.05) is 0 Å². The molecule has 0 unspecified atom stereocenters. The van der Waals surface area contributed by atoms with Crippen LogP contribution in [0.4, 0.5) is 0 Å². The van der Waals surface area contributed by atoms with Gasteiger partial charge in [0, 0.05) is 4.92 Å². The van der Waals surface area contributed by atoms with Gasteiger partial charge in [0.05, 0.1) is 6.42 Å². The van der Waals surface area contributed by atoms with Crippen LogP contribution in [-0.2, 0) is 16.0 Å². The van der Waals surface area contributed by atoms with Gasteiger partial charge in [-0.05, 0) is 5.56 Å². The van der Waals surface area contributed by atoms with Crippen molar-refractivity contribution >= 4 is 11.9 Å². The second-order valence-corrected chi connectivity index (χ2v) is 3.64. The van der Waals surface area contributed by atoms with Crippen molar-refractivity contribution in [2.45, 2.75) is 12.5 Å². The fourth-order valence-corrected chi connectivity index (χ4v) is 1.36. The van der Waals surface area contributed by atoms with Crippen LogP contribution in [0.1, 0.15) is 5.56 Å². The highest BCUT2D eigenvalue weighted by atomic mass is 16.6. The van der Waals surface area contributed by atoms with Crippen LogP contribution in [0.25, 0.3) is 0 Å². The second kappa shape index (κ2) is 6.33. The van der Waals surface area contributed by atoms with Crippen LogP contribution >= 0.6 is 0 Å². The lowest BCUT2D eigenvalue weighted by atomic mass is 10.1. The van der Waals surface area contributed by atoms with Crippen LogP contribution in [0.5, 0.6) is 0 Å². The topological polar surface area (TPSA) is 110 Å². The first-order valence-corrected chi connectivity index (χ1v) is 5.17. The maximum Gasteiger partial charge on any atom is 0.333 e. The lowest BCUT2D eigenvalue weighted by Gasteiger charge is -2.10. The van der Waals surface area contributed by atoms with Crippen LogP contribution in [0.2, 0.25) is 0 Å². The van der Waals surface area contributed by atoms with Crippen LogP contribution in [0, 0.1) is 10.1 Å². The lowest BCUT2D eigenvalue weighted by molar-refractivity contribution is -0.481. The minimum atomic E-state index is -1.50. The summed E-state index contributed by atoms with van der Waals surface area (Å²) >= 11 is 0. The number of hydrogen-bond acceptors (Lipinski definition) is 4. The lowest BCUT2D eigenvalue weighted by Crippen LogP contribution is -2.45. The van der Waals surface area contributed by atoms with Gasteiger partial charge in [-0.25, -0.2) is 4.79 Å². The quantitative estimate of drug-likeness (QED) is 0.550. The third-order valence-electron chi connectivity index (χ3n) is 2.17. The van der Waals surface area contributed by atoms with Crippen LogP contribution < -0.4 is 5.32 Å². The molecule has 1 aromatic rings. The molecule has 0 fully saturated rings. The number of amides is 1. The smallest absolute Gasteiger partial charge is 0.333 e. The van der Waals surface area contributed by atoms with Gasteiger partial charge < -0.3 is 10.4 Å². The van der Waals surface area contributed by atoms with Gasteiger partial charge in [0.1, 0.15) is 0 Å². The number of carbonyl (C=O) groups excluding carboxylic acids is 1. The Hall–Kier alpha value is -2.44. The first-order valence-electron chi connectivity index (χ1n) is 5.17. The number of aliphatic carboxylic acids is 1. The molecule has 2 N–H and O–H groups in total. The molecule has 18 heavy (non-hydrogen) atoms. The summed E-state index contributed by atoms with van der Waals surface area (Å²) in [6, 6.07) is 7.19. The molecule has 0 radical (unpaired) electrons. The number of carboxylic acids is 1. The molecule has 0 saturated carbocycles. The van der Waals surface area contributed by atoms with E-state index in [0.717, 1.165) is 0 Å². The molecule has 1 rings (SSSR count). The summed E-state index contributed by atoms with van der Waals surface area (Å²) in [5.41, 5.74) is 0.709. The summed E-state index contributed by atoms with van der Waals surface area (Å²) < 4.78 is 0. The van der Waals surface area contributed by atoms with Crippen molar-refractivity contribution in [3.8, 4) is 0 Å². The Bertz CT molecular complexity index is 446. The number of carboxylic acid groups (broad SMARTS) is 1. The molecule has 0 spiro atoms. The van der Waals surface area contributed by atoms with Crippen molar-refractivity contribution in [3.05, 3.63) is 46.0 Å². The highest BCUT2D eigenvalue weighted by molar-refractivity contribution is 5.84. The summed E-state index contributed by atoms with van der Waals surface area (Å²) in [7, 11) is 0. The Morgan fingerprint density at radius 3 is 2.44 bits per heavy atom. The molecular formula is C11H12N2O5. The zero-order valence-electron chi connectivity index (χ0n) is 9.41. The monoisotopic (exact) mass is 252 g/mol. The standard InChI is InChI=1S/C11H12N2O5/c14-10(6-8-4-2-1-3-5-8)12-9(11(15)16)7-13(17)18/h1-5,9H,6-7H2,(H,12,14)(H,15,16)/t9-/m0/s1. The number of carbonyl (C=O) groups is 2. The van der Waals surface area contributed by atoms with E-state index in [1.165, 1.54) is 0 Å². The van der Waals surface area contributed by atoms with E-state index >= 15 is 0 Å². The largest absolute Gasteiger partial charge is 0.480 e. The normalized spacial score (nSPS) is 11.6. The molecule has 0 bridgehead atoms. The zero-order chi connectivity index (χ0) is 13.5. The molecule has 0 heterocycles. The van der Waals surface area contributed by atoms with Crippen molar-refractivity contribution in [1.29, 1.82) is 0 Å². The minimum Gasteiger partial charge on any atom is -0.480 e. The van der Waals surface area contributed by atoms with E-state index < -0.39 is 29.4 Å². The molecule has 0 saturated heterocycles. The molecule has 96 valence electrons. The summed E-state index contributed by atoms with van der Waals surface area (Å²) in [5, 5.41) is 21.1. The van der Waals surface area contributed by atoms with Crippen molar-refractivity contribution < 1.29 is 19.6 Å². The van der Waals surface area contributed by atoms with Gasteiger partial charge in [-0.2, -0.15) is 0 Å². The van der Waals surface area contributed by atoms with E-state index in [9.17, 15) is 19.7 Å². The average Bonchev–Trinajstić information content (AvgIpc) is 2.28. The van der Waals surface area contributed by atoms with E-state index in [0.29, 0.717) is 5.56 Å². The van der Waals surface area contributed by atoms with Crippen LogP contribution in [-0.4, -0.2) is 34.5 Å². The predicted octanol–water partition coefficient (Wildman–Crippen LogP) is 0.0752. The molecule has 7 nitrogen and oxygen atoms in total. The summed E-state index contributed by atoms with van der Waals surface area (Å²) in [6.07, 6.45) is -0.0116. The van der Waals surface area contributed by atoms with Crippen molar-refractivity contribution in [2.24, 2.45) is 0 Å². The molecule has 7 heteroatoms. The summed E-state index contributed by atoms with van der Waals surface area (Å²) in [5.74, 6) is -1.98. The first kappa shape index (κ1) is 13.6. The van der Waals surface area contributed by atoms with Crippen molar-refractivity contribution in [1.82, 2.24) is 5.32 Å². The van der Waals surface area contributed by atoms with Gasteiger partial charge in [-0.3, -0.25) is 14.9 Å². The van der Waals surface area contributed by atoms with Gasteiger partial charge >= 0.3 is 5.97 Å². The van der Waals surface area contributed by atoms with Crippen LogP contribution in [0.15, 0.2) is 30.3 Å². The van der Waals surface area contributed by atoms with Gasteiger partial charge in [0.2, 0.25) is 12.5 Å². The van der Waals surface area contributed by atoms with E-state index in [4.69, 9.17) is 5.11 Å². The maximum absolute atomic E-state index is 11.5. The van der Waals surface area contributed by atoms with E-state index in [2.05, 4.69) is 5.32 Å². The van der Waals surface area contributed by atoms with Gasteiger partial charge in [-0.15, -0.1) is 0 Å². The second-order valence-electron chi connectivity index (χ2n) is 3.64. The zero-order valence-corrected chi connectivity index (χ0v) is 9.41. The Kier molecular flexibility index (Phi) is 4.79. The average molecular weight is 252 g/mol. The Morgan fingerprint density at radius 1 is 1.33 bits per heavy atom. The van der Waals surface area contributed by atoms with E-state index in [-0.39, 0.29) is 6.42 Å². The minimum absolute atomic E-state index is 0.0116. The van der Waals surface area contributed by atoms with Gasteiger partial charge in [-0.1, -0.05) is 30.3 Å². The third-order valence-corrected chi connectivity index (χ3v) is 2.17. The van der Waals surface area contributed by atoms with Crippen molar-refractivity contribution in [3.63, 3.8) is 0 Å². The molecule has 0 aliphatic heterocycles. The molecule has 0 aromatic heterocycles. The number of rotatable bonds is 6. The molecule has 1 aromatic carbocycles. The number of benzene rings is 1. The molecule has 0 aliphatic carbocycles. The number of nitrogens with one attached hydrogen (secondary N) is 1. The predicted molar refractivity (Wildman–Crippen MR) is 61.6 cm³/mol. The molecule has 1 amide bonds. The fourth-order valence-electron chi connectivity index (χ4n) is 1.36. The SMILES string of the molecule is O=C(Cc1ccccc1)N[C@@H](C[N+](=O)[O-])C(=O)O. The Morgan fingerprint density at radius 2 is 1.94 bits per heavy atom.